The summed E-state index contributed by atoms with van der Waals surface area (Å²) in [4.78, 5) is 23.3. The molecule has 2 aromatic rings. The SMILES string of the molecule is O=C(Nc1nc2c(s1)CCCCC2)c1ccccc1CSC1=NCCS1. The highest BCUT2D eigenvalue weighted by atomic mass is 32.2. The number of fused-ring (bicyclic) bond motifs is 1. The summed E-state index contributed by atoms with van der Waals surface area (Å²) in [6.45, 7) is 0.907. The summed E-state index contributed by atoms with van der Waals surface area (Å²) in [7, 11) is 0. The highest BCUT2D eigenvalue weighted by Crippen LogP contribution is 2.30. The van der Waals surface area contributed by atoms with Gasteiger partial charge in [0.15, 0.2) is 5.13 Å². The minimum atomic E-state index is -0.0638. The van der Waals surface area contributed by atoms with Gasteiger partial charge in [-0.05, 0) is 37.3 Å². The molecule has 136 valence electrons. The van der Waals surface area contributed by atoms with Crippen molar-refractivity contribution in [3.05, 3.63) is 46.0 Å². The van der Waals surface area contributed by atoms with Crippen molar-refractivity contribution >= 4 is 50.3 Å². The molecule has 0 saturated carbocycles. The van der Waals surface area contributed by atoms with E-state index >= 15 is 0 Å². The molecule has 1 aromatic carbocycles. The van der Waals surface area contributed by atoms with E-state index in [1.165, 1.54) is 29.8 Å². The Labute approximate surface area is 166 Å². The Morgan fingerprint density at radius 2 is 2.08 bits per heavy atom. The Morgan fingerprint density at radius 1 is 1.19 bits per heavy atom. The third-order valence-electron chi connectivity index (χ3n) is 4.49. The first-order valence-corrected chi connectivity index (χ1v) is 11.8. The number of rotatable bonds is 4. The summed E-state index contributed by atoms with van der Waals surface area (Å²) < 4.78 is 1.13. The van der Waals surface area contributed by atoms with Crippen molar-refractivity contribution in [3.8, 4) is 0 Å². The zero-order chi connectivity index (χ0) is 17.8. The van der Waals surface area contributed by atoms with E-state index in [0.29, 0.717) is 0 Å². The fourth-order valence-corrected chi connectivity index (χ4v) is 6.21. The molecule has 0 saturated heterocycles. The number of thiazole rings is 1. The number of anilines is 1. The zero-order valence-corrected chi connectivity index (χ0v) is 16.9. The molecule has 4 nitrogen and oxygen atoms in total. The predicted octanol–water partition coefficient (Wildman–Crippen LogP) is 5.00. The number of aromatic nitrogens is 1. The Hall–Kier alpha value is -1.31. The van der Waals surface area contributed by atoms with Gasteiger partial charge in [-0.2, -0.15) is 0 Å². The minimum Gasteiger partial charge on any atom is -0.298 e. The molecule has 0 bridgehead atoms. The van der Waals surface area contributed by atoms with E-state index in [9.17, 15) is 4.79 Å². The molecular weight excluding hydrogens is 382 g/mol. The molecule has 0 radical (unpaired) electrons. The van der Waals surface area contributed by atoms with Crippen LogP contribution in [0.3, 0.4) is 0 Å². The molecule has 2 heterocycles. The average Bonchev–Trinajstić information content (AvgIpc) is 3.25. The third-order valence-corrected chi connectivity index (χ3v) is 7.86. The van der Waals surface area contributed by atoms with Crippen LogP contribution in [-0.4, -0.2) is 27.6 Å². The van der Waals surface area contributed by atoms with Crippen LogP contribution < -0.4 is 5.32 Å². The first-order valence-electron chi connectivity index (χ1n) is 8.97. The third kappa shape index (κ3) is 4.32. The second-order valence-electron chi connectivity index (χ2n) is 6.35. The van der Waals surface area contributed by atoms with Crippen LogP contribution in [-0.2, 0) is 18.6 Å². The van der Waals surface area contributed by atoms with Crippen LogP contribution >= 0.6 is 34.9 Å². The standard InChI is InChI=1S/C19H21N3OS3/c23-17(22-18-21-15-8-2-1-3-9-16(15)26-18)14-7-5-4-6-13(14)12-25-19-20-10-11-24-19/h4-7H,1-3,8-12H2,(H,21,22,23). The van der Waals surface area contributed by atoms with Gasteiger partial charge in [0.2, 0.25) is 0 Å². The number of aryl methyl sites for hydroxylation is 2. The van der Waals surface area contributed by atoms with E-state index in [1.54, 1.807) is 34.9 Å². The Bertz CT molecular complexity index is 808. The van der Waals surface area contributed by atoms with Gasteiger partial charge in [-0.15, -0.1) is 11.3 Å². The van der Waals surface area contributed by atoms with E-state index in [4.69, 9.17) is 0 Å². The monoisotopic (exact) mass is 403 g/mol. The van der Waals surface area contributed by atoms with E-state index in [2.05, 4.69) is 15.3 Å². The number of thioether (sulfide) groups is 2. The van der Waals surface area contributed by atoms with Crippen molar-refractivity contribution in [2.45, 2.75) is 37.9 Å². The summed E-state index contributed by atoms with van der Waals surface area (Å²) in [5.41, 5.74) is 2.96. The number of nitrogens with zero attached hydrogens (tertiary/aromatic N) is 2. The highest BCUT2D eigenvalue weighted by molar-refractivity contribution is 8.38. The maximum atomic E-state index is 12.8. The number of hydrogen-bond donors (Lipinski definition) is 1. The van der Waals surface area contributed by atoms with Gasteiger partial charge in [-0.25, -0.2) is 4.98 Å². The van der Waals surface area contributed by atoms with Crippen molar-refractivity contribution in [2.75, 3.05) is 17.6 Å². The molecule has 0 atom stereocenters. The number of hydrogen-bond acceptors (Lipinski definition) is 6. The van der Waals surface area contributed by atoms with Crippen molar-refractivity contribution < 1.29 is 4.79 Å². The maximum Gasteiger partial charge on any atom is 0.257 e. The summed E-state index contributed by atoms with van der Waals surface area (Å²) in [6, 6.07) is 7.83. The average molecular weight is 404 g/mol. The maximum absolute atomic E-state index is 12.8. The highest BCUT2D eigenvalue weighted by Gasteiger charge is 2.18. The van der Waals surface area contributed by atoms with Crippen molar-refractivity contribution in [1.82, 2.24) is 4.98 Å². The molecule has 1 amide bonds. The lowest BCUT2D eigenvalue weighted by Gasteiger charge is -2.08. The molecule has 0 spiro atoms. The van der Waals surface area contributed by atoms with E-state index in [1.807, 2.05) is 24.3 Å². The molecule has 0 unspecified atom stereocenters. The Kier molecular flexibility index (Phi) is 5.97. The second kappa shape index (κ2) is 8.59. The topological polar surface area (TPSA) is 54.4 Å². The fraction of sp³-hybridized carbons (Fsp3) is 0.421. The van der Waals surface area contributed by atoms with Gasteiger partial charge in [0.25, 0.3) is 5.91 Å². The molecule has 26 heavy (non-hydrogen) atoms. The second-order valence-corrected chi connectivity index (χ2v) is 9.74. The lowest BCUT2D eigenvalue weighted by Crippen LogP contribution is -2.14. The number of aliphatic imine (C=N–C) groups is 1. The van der Waals surface area contributed by atoms with E-state index in [0.717, 1.165) is 51.5 Å². The number of amides is 1. The van der Waals surface area contributed by atoms with Crippen LogP contribution in [0.2, 0.25) is 0 Å². The van der Waals surface area contributed by atoms with E-state index in [-0.39, 0.29) is 5.91 Å². The number of carbonyl (C=O) groups is 1. The molecule has 2 aliphatic rings. The number of carbonyl (C=O) groups excluding carboxylic acids is 1. The minimum absolute atomic E-state index is 0.0638. The summed E-state index contributed by atoms with van der Waals surface area (Å²) in [6.07, 6.45) is 5.83. The van der Waals surface area contributed by atoms with E-state index < -0.39 is 0 Å². The van der Waals surface area contributed by atoms with Crippen LogP contribution in [0.1, 0.15) is 45.8 Å². The summed E-state index contributed by atoms with van der Waals surface area (Å²) in [5, 5.41) is 3.76. The van der Waals surface area contributed by atoms with Gasteiger partial charge < -0.3 is 0 Å². The predicted molar refractivity (Wildman–Crippen MR) is 114 cm³/mol. The Balaban J connectivity index is 1.46. The van der Waals surface area contributed by atoms with Gasteiger partial charge in [0, 0.05) is 21.9 Å². The first-order chi connectivity index (χ1) is 12.8. The Morgan fingerprint density at radius 3 is 2.96 bits per heavy atom. The summed E-state index contributed by atoms with van der Waals surface area (Å²) >= 11 is 5.16. The van der Waals surface area contributed by atoms with Crippen LogP contribution in [0.5, 0.6) is 0 Å². The molecule has 1 aliphatic carbocycles. The fourth-order valence-electron chi connectivity index (χ4n) is 3.16. The van der Waals surface area contributed by atoms with Gasteiger partial charge in [0.05, 0.1) is 12.2 Å². The molecular formula is C19H21N3OS3. The molecule has 1 aromatic heterocycles. The quantitative estimate of drug-likeness (QED) is 0.730. The summed E-state index contributed by atoms with van der Waals surface area (Å²) in [5.74, 6) is 1.77. The largest absolute Gasteiger partial charge is 0.298 e. The van der Waals surface area contributed by atoms with Crippen molar-refractivity contribution in [3.63, 3.8) is 0 Å². The number of benzene rings is 1. The van der Waals surface area contributed by atoms with Crippen molar-refractivity contribution in [2.24, 2.45) is 4.99 Å². The van der Waals surface area contributed by atoms with Crippen LogP contribution in [0, 0.1) is 0 Å². The molecule has 0 fully saturated rings. The van der Waals surface area contributed by atoms with Crippen LogP contribution in [0.4, 0.5) is 5.13 Å². The molecule has 7 heteroatoms. The first kappa shape index (κ1) is 18.1. The molecule has 4 rings (SSSR count). The molecule has 1 N–H and O–H groups in total. The zero-order valence-electron chi connectivity index (χ0n) is 14.5. The molecule has 1 aliphatic heterocycles. The van der Waals surface area contributed by atoms with Gasteiger partial charge in [0.1, 0.15) is 4.38 Å². The lowest BCUT2D eigenvalue weighted by atomic mass is 10.1. The smallest absolute Gasteiger partial charge is 0.257 e. The van der Waals surface area contributed by atoms with Crippen LogP contribution in [0.25, 0.3) is 0 Å². The van der Waals surface area contributed by atoms with Crippen molar-refractivity contribution in [1.29, 1.82) is 0 Å². The van der Waals surface area contributed by atoms with Crippen LogP contribution in [0.15, 0.2) is 29.3 Å². The number of nitrogens with one attached hydrogen (secondary N) is 1. The lowest BCUT2D eigenvalue weighted by molar-refractivity contribution is 0.102. The normalized spacial score (nSPS) is 16.7. The van der Waals surface area contributed by atoms with Gasteiger partial charge >= 0.3 is 0 Å². The van der Waals surface area contributed by atoms with Gasteiger partial charge in [-0.1, -0.05) is 48.1 Å². The van der Waals surface area contributed by atoms with Gasteiger partial charge in [-0.3, -0.25) is 15.1 Å².